The third-order valence-electron chi connectivity index (χ3n) is 12.1. The van der Waals surface area contributed by atoms with E-state index in [9.17, 15) is 38.7 Å². The van der Waals surface area contributed by atoms with Crippen LogP contribution >= 0.6 is 11.3 Å². The van der Waals surface area contributed by atoms with E-state index in [4.69, 9.17) is 18.9 Å². The van der Waals surface area contributed by atoms with Crippen LogP contribution in [0.25, 0.3) is 0 Å². The van der Waals surface area contributed by atoms with Crippen molar-refractivity contribution in [3.05, 3.63) is 45.9 Å². The van der Waals surface area contributed by atoms with Crippen LogP contribution in [0.15, 0.2) is 29.6 Å². The summed E-state index contributed by atoms with van der Waals surface area (Å²) in [5.74, 6) is -4.12. The van der Waals surface area contributed by atoms with Crippen LogP contribution in [0.3, 0.4) is 0 Å². The lowest BCUT2D eigenvalue weighted by atomic mass is 9.92. The van der Waals surface area contributed by atoms with Crippen LogP contribution in [-0.4, -0.2) is 124 Å². The summed E-state index contributed by atoms with van der Waals surface area (Å²) < 4.78 is 22.5. The highest BCUT2D eigenvalue weighted by Crippen LogP contribution is 2.32. The second-order valence-electron chi connectivity index (χ2n) is 20.4. The van der Waals surface area contributed by atoms with E-state index < -0.39 is 90.4 Å². The zero-order valence-electron chi connectivity index (χ0n) is 43.6. The zero-order chi connectivity index (χ0) is 52.5. The van der Waals surface area contributed by atoms with Crippen molar-refractivity contribution in [1.29, 1.82) is 0 Å². The first-order valence-corrected chi connectivity index (χ1v) is 25.5. The fraction of sp³-hybridized carbons (Fsp3) is 0.686. The molecule has 0 spiro atoms. The van der Waals surface area contributed by atoms with Gasteiger partial charge in [-0.1, -0.05) is 73.4 Å². The average Bonchev–Trinajstić information content (AvgIpc) is 3.77. The minimum absolute atomic E-state index is 0.0000911. The number of phenols is 1. The maximum absolute atomic E-state index is 14.9. The number of carbonyl (C=O) groups excluding carboxylic acids is 7. The van der Waals surface area contributed by atoms with Crippen molar-refractivity contribution >= 4 is 53.1 Å². The molecule has 18 nitrogen and oxygen atoms in total. The number of amides is 4. The van der Waals surface area contributed by atoms with Crippen molar-refractivity contribution in [2.75, 3.05) is 26.9 Å². The van der Waals surface area contributed by atoms with Gasteiger partial charge in [-0.15, -0.1) is 11.3 Å². The molecule has 0 radical (unpaired) electrons. The number of benzene rings is 1. The molecule has 70 heavy (non-hydrogen) atoms. The molecule has 1 saturated heterocycles. The minimum atomic E-state index is -1.04. The van der Waals surface area contributed by atoms with Gasteiger partial charge in [-0.25, -0.2) is 9.78 Å². The number of nitrogens with zero attached hydrogens (tertiary/aromatic N) is 3. The van der Waals surface area contributed by atoms with Crippen LogP contribution in [0.5, 0.6) is 5.75 Å². The Morgan fingerprint density at radius 2 is 1.61 bits per heavy atom. The van der Waals surface area contributed by atoms with Crippen LogP contribution in [-0.2, 0) is 49.3 Å². The Bertz CT molecular complexity index is 2040. The highest BCUT2D eigenvalue weighted by Gasteiger charge is 2.40. The standard InChI is InChI=1S/C51H80N6O12S/c1-14-32(6)44(55-46(62)40-17-15-16-22-56(40)13)48(63)57(29-66-43(60)23-30(2)3)41(31(4)5)26-42(68-35(9)58)47-54-39(28-70-47)45(61)53-37(25-36-18-20-38(59)21-19-36)24-33(7)49(64)67-34(8)27-52-50(65)69-51(10,11)12/h18-21,28,30-34,37,40-42,44,59H,14-17,22-27,29H2,1-13H3,(H,52,65)(H,53,61)(H,55,62)/t32-,33-,34?,37+,40+,41+,42+,44-/m0/s1. The molecule has 2 heterocycles. The lowest BCUT2D eigenvalue weighted by Crippen LogP contribution is -2.59. The molecule has 8 atom stereocenters. The first kappa shape index (κ1) is 59.0. The number of aromatic hydroxyl groups is 1. The number of thiazole rings is 1. The van der Waals surface area contributed by atoms with Crippen LogP contribution in [0.1, 0.15) is 155 Å². The molecule has 1 unspecified atom stereocenters. The number of hydrogen-bond acceptors (Lipinski definition) is 15. The summed E-state index contributed by atoms with van der Waals surface area (Å²) in [7, 11) is 1.90. The van der Waals surface area contributed by atoms with E-state index in [-0.39, 0.29) is 72.3 Å². The third kappa shape index (κ3) is 19.8. The molecule has 1 aliphatic heterocycles. The number of piperidine rings is 1. The number of nitrogens with one attached hydrogen (secondary N) is 3. The summed E-state index contributed by atoms with van der Waals surface area (Å²) in [4.78, 5) is 102. The molecule has 4 amide bonds. The average molecular weight is 1000 g/mol. The Morgan fingerprint density at radius 3 is 2.20 bits per heavy atom. The van der Waals surface area contributed by atoms with E-state index in [1.807, 2.05) is 53.5 Å². The van der Waals surface area contributed by atoms with Crippen LogP contribution in [0.4, 0.5) is 4.79 Å². The molecule has 19 heteroatoms. The number of hydrogen-bond donors (Lipinski definition) is 4. The Morgan fingerprint density at radius 1 is 0.943 bits per heavy atom. The lowest BCUT2D eigenvalue weighted by molar-refractivity contribution is -0.161. The van der Waals surface area contributed by atoms with E-state index in [1.54, 1.807) is 46.8 Å². The van der Waals surface area contributed by atoms with Crippen molar-refractivity contribution in [1.82, 2.24) is 30.7 Å². The summed E-state index contributed by atoms with van der Waals surface area (Å²) in [5.41, 5.74) is 0.1000. The van der Waals surface area contributed by atoms with Crippen LogP contribution < -0.4 is 16.0 Å². The van der Waals surface area contributed by atoms with E-state index in [0.717, 1.165) is 36.3 Å². The molecular weight excluding hydrogens is 921 g/mol. The fourth-order valence-corrected chi connectivity index (χ4v) is 8.92. The molecule has 1 aromatic carbocycles. The third-order valence-corrected chi connectivity index (χ3v) is 13.0. The maximum atomic E-state index is 14.9. The first-order chi connectivity index (χ1) is 32.8. The molecule has 2 aromatic rings. The number of esters is 3. The SMILES string of the molecule is CC[C@H](C)[C@H](NC(=O)[C@H]1CCCCN1C)C(=O)N(COC(=O)CC(C)C)[C@H](C[C@@H](OC(C)=O)c1nc(C(=O)N[C@@H](Cc2ccc(O)cc2)C[C@H](C)C(=O)OC(C)CNC(=O)OC(C)(C)C)cs1)C(C)C. The number of likely N-dealkylation sites (tertiary alicyclic amines) is 1. The highest BCUT2D eigenvalue weighted by molar-refractivity contribution is 7.09. The van der Waals surface area contributed by atoms with Gasteiger partial charge in [-0.05, 0) is 102 Å². The number of rotatable bonds is 25. The Labute approximate surface area is 418 Å². The Balaban J connectivity index is 1.92. The highest BCUT2D eigenvalue weighted by atomic mass is 32.1. The van der Waals surface area contributed by atoms with Crippen molar-refractivity contribution in [2.45, 2.75) is 176 Å². The fourth-order valence-electron chi connectivity index (χ4n) is 8.08. The van der Waals surface area contributed by atoms with Gasteiger partial charge in [0.25, 0.3) is 5.91 Å². The van der Waals surface area contributed by atoms with Crippen molar-refractivity contribution in [3.8, 4) is 5.75 Å². The topological polar surface area (TPSA) is 232 Å². The van der Waals surface area contributed by atoms with Gasteiger partial charge in [-0.3, -0.25) is 33.7 Å². The molecule has 4 N–H and O–H groups in total. The van der Waals surface area contributed by atoms with Crippen molar-refractivity contribution < 1.29 is 57.6 Å². The number of ether oxygens (including phenoxy) is 4. The van der Waals surface area contributed by atoms with Gasteiger partial charge >= 0.3 is 24.0 Å². The molecule has 0 bridgehead atoms. The summed E-state index contributed by atoms with van der Waals surface area (Å²) >= 11 is 1.09. The molecule has 1 aliphatic rings. The van der Waals surface area contributed by atoms with Gasteiger partial charge in [0, 0.05) is 37.2 Å². The van der Waals surface area contributed by atoms with E-state index in [2.05, 4.69) is 20.9 Å². The second-order valence-corrected chi connectivity index (χ2v) is 21.3. The van der Waals surface area contributed by atoms with Gasteiger partial charge in [0.1, 0.15) is 34.2 Å². The number of carbonyl (C=O) groups is 7. The second kappa shape index (κ2) is 27.9. The van der Waals surface area contributed by atoms with Gasteiger partial charge < -0.3 is 44.9 Å². The summed E-state index contributed by atoms with van der Waals surface area (Å²) in [6.45, 7) is 21.6. The number of aromatic nitrogens is 1. The molecule has 1 aromatic heterocycles. The van der Waals surface area contributed by atoms with Crippen molar-refractivity contribution in [2.24, 2.45) is 23.7 Å². The molecular formula is C51H80N6O12S. The molecule has 0 saturated carbocycles. The smallest absolute Gasteiger partial charge is 0.407 e. The predicted molar refractivity (Wildman–Crippen MR) is 265 cm³/mol. The van der Waals surface area contributed by atoms with Crippen LogP contribution in [0, 0.1) is 23.7 Å². The van der Waals surface area contributed by atoms with Crippen molar-refractivity contribution in [3.63, 3.8) is 0 Å². The first-order valence-electron chi connectivity index (χ1n) is 24.6. The Hall–Kier alpha value is -5.30. The quantitative estimate of drug-likeness (QED) is 0.0443. The van der Waals surface area contributed by atoms with Gasteiger partial charge in [-0.2, -0.15) is 0 Å². The summed E-state index contributed by atoms with van der Waals surface area (Å²) in [5, 5.41) is 20.4. The van der Waals surface area contributed by atoms with Gasteiger partial charge in [0.05, 0.1) is 18.5 Å². The van der Waals surface area contributed by atoms with Gasteiger partial charge in [0.2, 0.25) is 11.8 Å². The minimum Gasteiger partial charge on any atom is -0.508 e. The maximum Gasteiger partial charge on any atom is 0.407 e. The number of phenolic OH excluding ortho intramolecular Hbond substituents is 1. The summed E-state index contributed by atoms with van der Waals surface area (Å²) in [6.07, 6.45) is 1.32. The predicted octanol–water partition coefficient (Wildman–Crippen LogP) is 7.08. The Kier molecular flexibility index (Phi) is 23.5. The van der Waals surface area contributed by atoms with E-state index in [1.165, 1.54) is 29.3 Å². The zero-order valence-corrected chi connectivity index (χ0v) is 44.4. The molecule has 1 fully saturated rings. The molecule has 0 aliphatic carbocycles. The lowest BCUT2D eigenvalue weighted by Gasteiger charge is -2.39. The monoisotopic (exact) mass is 1000 g/mol. The molecule has 392 valence electrons. The molecule has 3 rings (SSSR count). The van der Waals surface area contributed by atoms with Crippen LogP contribution in [0.2, 0.25) is 0 Å². The number of likely N-dealkylation sites (N-methyl/N-ethyl adjacent to an activating group) is 1. The normalized spacial score (nSPS) is 17.2. The summed E-state index contributed by atoms with van der Waals surface area (Å²) in [6, 6.07) is 3.80. The number of alkyl carbamates (subject to hydrolysis) is 1. The van der Waals surface area contributed by atoms with E-state index in [0.29, 0.717) is 12.8 Å². The van der Waals surface area contributed by atoms with Gasteiger partial charge in [0.15, 0.2) is 12.8 Å². The largest absolute Gasteiger partial charge is 0.508 e. The van der Waals surface area contributed by atoms with E-state index >= 15 is 0 Å².